The van der Waals surface area contributed by atoms with Crippen molar-refractivity contribution in [3.8, 4) is 11.1 Å². The number of amides is 1. The molecule has 0 unspecified atom stereocenters. The van der Waals surface area contributed by atoms with Crippen LogP contribution in [0.3, 0.4) is 0 Å². The standard InChI is InChI=1S/C36H38F4N4O2S/c1-3-42(4-2)20-21-43(22-25-8-12-27(13-9-25)28-14-16-29(17-15-28)36(38,39)40)33(45)23-44-32-7-5-6-31(32)34(46)41-35(44)47-24-26-10-18-30(37)19-11-26/h8-19H,3-7,20-24H2,1-2H3/i3D2,4D2,5D2,6D2,7D2,8D,9D,12D,13D,14D,15D,16D,17D,22D2. The predicted octanol–water partition coefficient (Wildman–Crippen LogP) is 7.22. The summed E-state index contributed by atoms with van der Waals surface area (Å²) >= 11 is 0.601. The van der Waals surface area contributed by atoms with Crippen LogP contribution in [-0.2, 0) is 42.5 Å². The number of thioether (sulfide) groups is 1. The second-order valence-electron chi connectivity index (χ2n) is 9.55. The van der Waals surface area contributed by atoms with Crippen LogP contribution in [0.25, 0.3) is 11.1 Å². The van der Waals surface area contributed by atoms with E-state index in [1.54, 1.807) is 0 Å². The van der Waals surface area contributed by atoms with Crippen LogP contribution in [0.1, 0.15) is 75.6 Å². The average Bonchev–Trinajstić information content (AvgIpc) is 3.28. The number of fused-ring (bicyclic) bond motifs is 1. The number of carbonyl (C=O) groups is 1. The van der Waals surface area contributed by atoms with E-state index in [0.29, 0.717) is 26.8 Å². The highest BCUT2D eigenvalue weighted by atomic mass is 32.2. The molecular formula is C36H38F4N4O2S. The number of nitrogens with zero attached hydrogens (tertiary/aromatic N) is 4. The molecule has 1 aromatic heterocycles. The molecule has 0 bridgehead atoms. The zero-order valence-electron chi connectivity index (χ0n) is 44.7. The van der Waals surface area contributed by atoms with Gasteiger partial charge in [-0.3, -0.25) is 9.59 Å². The van der Waals surface area contributed by atoms with Crippen molar-refractivity contribution >= 4 is 17.7 Å². The second-order valence-corrected chi connectivity index (χ2v) is 10.5. The molecule has 4 aromatic rings. The Kier molecular flexibility index (Phi) is 5.51. The maximum absolute atomic E-state index is 14.9. The van der Waals surface area contributed by atoms with E-state index in [2.05, 4.69) is 4.98 Å². The number of hydrogen-bond donors (Lipinski definition) is 0. The van der Waals surface area contributed by atoms with Crippen molar-refractivity contribution in [3.05, 3.63) is 117 Å². The maximum atomic E-state index is 14.9. The van der Waals surface area contributed by atoms with E-state index in [1.807, 2.05) is 0 Å². The van der Waals surface area contributed by atoms with E-state index >= 15 is 0 Å². The molecule has 0 fully saturated rings. The van der Waals surface area contributed by atoms with Gasteiger partial charge in [-0.2, -0.15) is 18.2 Å². The Balaban J connectivity index is 1.78. The molecule has 0 saturated heterocycles. The molecule has 0 spiro atoms. The van der Waals surface area contributed by atoms with Gasteiger partial charge in [-0.05, 0) is 78.6 Å². The van der Waals surface area contributed by atoms with Crippen LogP contribution in [0, 0.1) is 5.82 Å². The number of hydrogen-bond acceptors (Lipinski definition) is 5. The monoisotopic (exact) mass is 686 g/mol. The Hall–Kier alpha value is -3.96. The number of aromatic nitrogens is 2. The fourth-order valence-electron chi connectivity index (χ4n) is 4.12. The number of likely N-dealkylation sites (N-methyl/N-ethyl adjacent to an activating group) is 1. The SMILES string of the molecule is [2H]c1c([2H])c(C(F)(F)F)c([2H])c([2H])c1-c1c([2H])c([2H])c(C([2H])([2H])N(CCN(C([2H])([2H])C)C([2H])([2H])C)C(=O)Cn2c(SCc3ccc(F)cc3)nc(=O)c3c2C([2H])([2H])C([2H])([2H])C3([2H])[2H])c([2H])c1[2H]. The molecule has 0 atom stereocenters. The number of rotatable bonds is 13. The van der Waals surface area contributed by atoms with Gasteiger partial charge in [-0.1, -0.05) is 74.0 Å². The van der Waals surface area contributed by atoms with E-state index in [-0.39, 0.29) is 10.7 Å². The molecule has 47 heavy (non-hydrogen) atoms. The average molecular weight is 687 g/mol. The summed E-state index contributed by atoms with van der Waals surface area (Å²) in [6, 6.07) is -6.84. The minimum absolute atomic E-state index is 0.155. The van der Waals surface area contributed by atoms with Crippen molar-refractivity contribution in [1.29, 1.82) is 0 Å². The van der Waals surface area contributed by atoms with Gasteiger partial charge in [0, 0.05) is 50.3 Å². The molecule has 1 aliphatic rings. The molecule has 1 aliphatic carbocycles. The molecule has 0 saturated carbocycles. The third kappa shape index (κ3) is 8.70. The van der Waals surface area contributed by atoms with Crippen LogP contribution in [0.15, 0.2) is 82.6 Å². The van der Waals surface area contributed by atoms with E-state index in [1.165, 1.54) is 12.1 Å². The van der Waals surface area contributed by atoms with Crippen LogP contribution in [0.5, 0.6) is 0 Å². The first kappa shape index (κ1) is 16.9. The zero-order valence-corrected chi connectivity index (χ0v) is 25.5. The normalized spacial score (nSPS) is 23.1. The van der Waals surface area contributed by atoms with Gasteiger partial charge in [0.1, 0.15) is 12.4 Å². The Bertz CT molecular complexity index is 2640. The van der Waals surface area contributed by atoms with Crippen LogP contribution in [0.2, 0.25) is 0 Å². The number of carbonyl (C=O) groups excluding carboxylic acids is 1. The molecule has 0 aliphatic heterocycles. The van der Waals surface area contributed by atoms with E-state index < -0.39 is 169 Å². The van der Waals surface area contributed by atoms with Crippen molar-refractivity contribution in [1.82, 2.24) is 19.4 Å². The lowest BCUT2D eigenvalue weighted by molar-refractivity contribution is -0.137. The topological polar surface area (TPSA) is 58.4 Å². The van der Waals surface area contributed by atoms with Gasteiger partial charge in [-0.15, -0.1) is 0 Å². The number of alkyl halides is 3. The summed E-state index contributed by atoms with van der Waals surface area (Å²) < 4.78 is 227. The Morgan fingerprint density at radius 2 is 1.62 bits per heavy atom. The Morgan fingerprint density at radius 1 is 0.979 bits per heavy atom. The van der Waals surface area contributed by atoms with E-state index in [4.69, 9.17) is 24.7 Å². The highest BCUT2D eigenvalue weighted by Gasteiger charge is 2.30. The first-order chi connectivity index (χ1) is 30.3. The third-order valence-corrected chi connectivity index (χ3v) is 7.56. The highest BCUT2D eigenvalue weighted by molar-refractivity contribution is 7.98. The fraction of sp³-hybridized carbons (Fsp3) is 0.361. The highest BCUT2D eigenvalue weighted by Crippen LogP contribution is 2.31. The first-order valence-electron chi connectivity index (χ1n) is 23.7. The summed E-state index contributed by atoms with van der Waals surface area (Å²) in [5.41, 5.74) is -8.86. The van der Waals surface area contributed by atoms with Crippen LogP contribution in [-0.4, -0.2) is 51.3 Å². The van der Waals surface area contributed by atoms with Crippen molar-refractivity contribution in [2.75, 3.05) is 26.1 Å². The van der Waals surface area contributed by atoms with Gasteiger partial charge in [0.05, 0.1) is 19.3 Å². The summed E-state index contributed by atoms with van der Waals surface area (Å²) in [6.07, 6.45) is -15.8. The Morgan fingerprint density at radius 3 is 2.23 bits per heavy atom. The van der Waals surface area contributed by atoms with Gasteiger partial charge in [0.25, 0.3) is 5.56 Å². The number of halogens is 4. The molecule has 6 nitrogen and oxygen atoms in total. The van der Waals surface area contributed by atoms with Gasteiger partial charge < -0.3 is 14.4 Å². The minimum Gasteiger partial charge on any atom is -0.336 e. The quantitative estimate of drug-likeness (QED) is 0.0845. The summed E-state index contributed by atoms with van der Waals surface area (Å²) in [6.45, 7) is -10.4. The van der Waals surface area contributed by atoms with Crippen molar-refractivity contribution in [2.24, 2.45) is 0 Å². The molecule has 5 rings (SSSR count). The lowest BCUT2D eigenvalue weighted by Gasteiger charge is -2.28. The van der Waals surface area contributed by atoms with Crippen molar-refractivity contribution < 1.29 is 49.8 Å². The number of benzene rings is 3. The van der Waals surface area contributed by atoms with Gasteiger partial charge in [-0.25, -0.2) is 4.39 Å². The van der Waals surface area contributed by atoms with Crippen LogP contribution >= 0.6 is 11.8 Å². The molecule has 1 heterocycles. The lowest BCUT2D eigenvalue weighted by atomic mass is 10.0. The van der Waals surface area contributed by atoms with Gasteiger partial charge in [0.2, 0.25) is 5.91 Å². The molecule has 0 N–H and O–H groups in total. The third-order valence-electron chi connectivity index (χ3n) is 6.51. The molecule has 0 radical (unpaired) electrons. The molecular weight excluding hydrogens is 628 g/mol. The molecule has 248 valence electrons. The summed E-state index contributed by atoms with van der Waals surface area (Å²) in [5.74, 6) is -2.40. The predicted molar refractivity (Wildman–Crippen MR) is 177 cm³/mol. The van der Waals surface area contributed by atoms with Gasteiger partial charge >= 0.3 is 6.18 Å². The van der Waals surface area contributed by atoms with Crippen molar-refractivity contribution in [2.45, 2.75) is 63.1 Å². The van der Waals surface area contributed by atoms with Crippen molar-refractivity contribution in [3.63, 3.8) is 0 Å². The second kappa shape index (κ2) is 15.3. The summed E-state index contributed by atoms with van der Waals surface area (Å²) in [5, 5.41) is -0.583. The molecule has 3 aromatic carbocycles. The summed E-state index contributed by atoms with van der Waals surface area (Å²) in [7, 11) is 0. The summed E-state index contributed by atoms with van der Waals surface area (Å²) in [4.78, 5) is 32.9. The Labute approximate surface area is 304 Å². The molecule has 11 heteroatoms. The fourth-order valence-corrected chi connectivity index (χ4v) is 5.07. The maximum Gasteiger partial charge on any atom is 0.416 e. The first-order valence-corrected chi connectivity index (χ1v) is 14.7. The lowest BCUT2D eigenvalue weighted by Crippen LogP contribution is -2.40. The molecule has 1 amide bonds. The van der Waals surface area contributed by atoms with Gasteiger partial charge in [0.15, 0.2) is 5.16 Å². The van der Waals surface area contributed by atoms with E-state index in [9.17, 15) is 29.9 Å². The zero-order chi connectivity index (χ0) is 51.3. The smallest absolute Gasteiger partial charge is 0.336 e. The van der Waals surface area contributed by atoms with Crippen LogP contribution < -0.4 is 5.56 Å². The van der Waals surface area contributed by atoms with Crippen LogP contribution in [0.4, 0.5) is 17.6 Å². The largest absolute Gasteiger partial charge is 0.416 e. The minimum atomic E-state index is -5.42. The van der Waals surface area contributed by atoms with E-state index in [0.717, 1.165) is 26.0 Å².